The third kappa shape index (κ3) is 39.7. The van der Waals surface area contributed by atoms with Crippen molar-refractivity contribution >= 4 is 47.3 Å². The lowest BCUT2D eigenvalue weighted by Gasteiger charge is -2.28. The number of benzene rings is 4. The third-order valence-corrected chi connectivity index (χ3v) is 27.1. The van der Waals surface area contributed by atoms with Crippen molar-refractivity contribution in [2.75, 3.05) is 99.8 Å². The quantitative estimate of drug-likeness (QED) is 0.0132. The molecule has 0 bridgehead atoms. The summed E-state index contributed by atoms with van der Waals surface area (Å²) in [6.07, 6.45) is 10.00. The molecular formula is C74H126O21Si4. The maximum atomic E-state index is 11.7. The Balaban J connectivity index is 0.000000450. The van der Waals surface area contributed by atoms with E-state index in [-0.39, 0.29) is 19.1 Å². The maximum Gasteiger partial charge on any atom is 0.514 e. The number of ether oxygens (including phenoxy) is 7. The van der Waals surface area contributed by atoms with Crippen LogP contribution in [0.3, 0.4) is 0 Å². The van der Waals surface area contributed by atoms with Gasteiger partial charge in [0, 0.05) is 124 Å². The van der Waals surface area contributed by atoms with E-state index >= 15 is 0 Å². The van der Waals surface area contributed by atoms with Gasteiger partial charge in [-0.2, -0.15) is 0 Å². The molecule has 0 N–H and O–H groups in total. The van der Waals surface area contributed by atoms with Crippen LogP contribution in [0.4, 0.5) is 4.79 Å². The fraction of sp³-hybridized carbons (Fsp3) is 0.649. The Morgan fingerprint density at radius 1 is 0.404 bits per heavy atom. The van der Waals surface area contributed by atoms with Gasteiger partial charge in [-0.15, -0.1) is 0 Å². The molecular weight excluding hydrogens is 1340 g/mol. The van der Waals surface area contributed by atoms with Crippen LogP contribution < -0.4 is 18.9 Å². The van der Waals surface area contributed by atoms with E-state index in [0.29, 0.717) is 90.8 Å². The first-order valence-electron chi connectivity index (χ1n) is 36.2. The average molecular weight is 1460 g/mol. The highest BCUT2D eigenvalue weighted by Gasteiger charge is 2.42. The molecule has 0 amide bonds. The summed E-state index contributed by atoms with van der Waals surface area (Å²) >= 11 is 0. The molecule has 564 valence electrons. The van der Waals surface area contributed by atoms with Gasteiger partial charge in [0.25, 0.3) is 0 Å². The minimum atomic E-state index is -2.59. The second-order valence-electron chi connectivity index (χ2n) is 23.5. The first-order valence-corrected chi connectivity index (χ1v) is 43.9. The van der Waals surface area contributed by atoms with Gasteiger partial charge in [-0.25, -0.2) is 4.79 Å². The molecule has 0 radical (unpaired) electrons. The maximum absolute atomic E-state index is 11.7. The van der Waals surface area contributed by atoms with Crippen molar-refractivity contribution in [3.8, 4) is 23.0 Å². The first-order chi connectivity index (χ1) is 47.7. The molecule has 1 fully saturated rings. The van der Waals surface area contributed by atoms with Crippen molar-refractivity contribution in [1.82, 2.24) is 0 Å². The molecule has 1 aliphatic rings. The van der Waals surface area contributed by atoms with Gasteiger partial charge in [0.15, 0.2) is 13.1 Å². The Morgan fingerprint density at radius 3 is 0.939 bits per heavy atom. The zero-order valence-corrected chi connectivity index (χ0v) is 67.4. The van der Waals surface area contributed by atoms with Gasteiger partial charge >= 0.3 is 47.3 Å². The van der Waals surface area contributed by atoms with Crippen molar-refractivity contribution in [1.29, 1.82) is 0 Å². The Labute approximate surface area is 599 Å². The second-order valence-corrected chi connectivity index (χ2v) is 34.5. The smallest absolute Gasteiger partial charge is 0.468 e. The van der Waals surface area contributed by atoms with Crippen molar-refractivity contribution in [3.63, 3.8) is 0 Å². The Morgan fingerprint density at radius 2 is 0.687 bits per heavy atom. The van der Waals surface area contributed by atoms with Gasteiger partial charge in [0.1, 0.15) is 28.6 Å². The summed E-state index contributed by atoms with van der Waals surface area (Å²) in [4.78, 5) is 22.6. The number of esters is 1. The van der Waals surface area contributed by atoms with Crippen LogP contribution in [0.15, 0.2) is 97.1 Å². The Hall–Kier alpha value is -4.47. The van der Waals surface area contributed by atoms with E-state index < -0.39 is 47.0 Å². The third-order valence-electron chi connectivity index (χ3n) is 14.5. The van der Waals surface area contributed by atoms with Crippen LogP contribution in [0.1, 0.15) is 178 Å². The van der Waals surface area contributed by atoms with E-state index in [1.807, 2.05) is 144 Å². The fourth-order valence-corrected chi connectivity index (χ4v) is 21.0. The van der Waals surface area contributed by atoms with Gasteiger partial charge in [-0.3, -0.25) is 4.79 Å². The zero-order valence-electron chi connectivity index (χ0n) is 63.4. The molecule has 25 heteroatoms. The predicted octanol–water partition coefficient (Wildman–Crippen LogP) is 16.8. The number of rotatable bonds is 47. The lowest BCUT2D eigenvalue weighted by atomic mass is 10.1. The van der Waals surface area contributed by atoms with Crippen LogP contribution in [0.5, 0.6) is 23.0 Å². The standard InChI is InChI=1S/C20H34O6Si.C20H34O5Si.C17H30O5Si.C17H28O5Si/c1-7-22-27(23-8-2,24-9-3)16-10-11-17-12-14-18(15-13-17)25-19(21)26-20(4,5)6;1-4-22-26(23-5-2,24-6-3)17-9-10-18-12-14-19(15-13-18)25-20-11-7-8-16-21-20;1-5-20-23(21-6-2,22-7-3)14-8-9-16-10-12-17(13-11-16)19-15-18-4;1-5-19-23(20-6-2,21-7-3)14-8-9-16-10-12-17(13-11-16)22-15(4)18/h12-15H,7-11,16H2,1-6H3;12-15,20H,4-11,16-17H2,1-3H3;10-13H,5-9,14-15H2,1-4H3;10-13H,5-9,14H2,1-4H3. The molecule has 0 aromatic heterocycles. The summed E-state index contributed by atoms with van der Waals surface area (Å²) in [7, 11) is -8.58. The molecule has 1 unspecified atom stereocenters. The molecule has 4 aromatic carbocycles. The highest BCUT2D eigenvalue weighted by molar-refractivity contribution is 6.61. The molecule has 4 aromatic rings. The molecule has 0 aliphatic carbocycles. The average Bonchev–Trinajstić information content (AvgIpc) is 0.993. The second kappa shape index (κ2) is 53.3. The first kappa shape index (κ1) is 90.6. The number of aryl methyl sites for hydroxylation is 4. The molecule has 1 aliphatic heterocycles. The largest absolute Gasteiger partial charge is 0.514 e. The van der Waals surface area contributed by atoms with E-state index in [4.69, 9.17) is 86.3 Å². The van der Waals surface area contributed by atoms with Crippen LogP contribution in [-0.2, 0) is 97.8 Å². The summed E-state index contributed by atoms with van der Waals surface area (Å²) in [6, 6.07) is 34.7. The highest BCUT2D eigenvalue weighted by atomic mass is 28.4. The summed E-state index contributed by atoms with van der Waals surface area (Å²) in [5.41, 5.74) is 4.32. The summed E-state index contributed by atoms with van der Waals surface area (Å²) in [6.45, 7) is 38.9. The summed E-state index contributed by atoms with van der Waals surface area (Å²) in [5, 5.41) is 0. The van der Waals surface area contributed by atoms with Gasteiger partial charge < -0.3 is 86.3 Å². The number of hydrogen-bond acceptors (Lipinski definition) is 21. The van der Waals surface area contributed by atoms with Crippen molar-refractivity contribution < 1.29 is 95.9 Å². The van der Waals surface area contributed by atoms with E-state index in [9.17, 15) is 9.59 Å². The molecule has 1 saturated heterocycles. The molecule has 99 heavy (non-hydrogen) atoms. The van der Waals surface area contributed by atoms with Crippen molar-refractivity contribution in [2.24, 2.45) is 0 Å². The molecule has 1 atom stereocenters. The lowest BCUT2D eigenvalue weighted by molar-refractivity contribution is -0.131. The minimum Gasteiger partial charge on any atom is -0.468 e. The summed E-state index contributed by atoms with van der Waals surface area (Å²) in [5.74, 6) is 2.43. The lowest BCUT2D eigenvalue weighted by Crippen LogP contribution is -2.46. The van der Waals surface area contributed by atoms with Gasteiger partial charge in [0.2, 0.25) is 0 Å². The monoisotopic (exact) mass is 1460 g/mol. The number of hydrogen-bond donors (Lipinski definition) is 0. The van der Waals surface area contributed by atoms with Gasteiger partial charge in [-0.05, 0) is 239 Å². The van der Waals surface area contributed by atoms with Crippen molar-refractivity contribution in [3.05, 3.63) is 119 Å². The number of methoxy groups -OCH3 is 1. The Kier molecular flexibility index (Phi) is 48.8. The number of carbonyl (C=O) groups is 2. The van der Waals surface area contributed by atoms with Gasteiger partial charge in [0.05, 0.1) is 6.61 Å². The van der Waals surface area contributed by atoms with Gasteiger partial charge in [-0.1, -0.05) is 48.5 Å². The zero-order chi connectivity index (χ0) is 73.1. The molecule has 0 saturated carbocycles. The van der Waals surface area contributed by atoms with Crippen LogP contribution in [0, 0.1) is 0 Å². The van der Waals surface area contributed by atoms with E-state index in [1.165, 1.54) is 30.0 Å². The normalized spacial score (nSPS) is 13.4. The van der Waals surface area contributed by atoms with E-state index in [2.05, 4.69) is 24.3 Å². The van der Waals surface area contributed by atoms with Crippen molar-refractivity contribution in [2.45, 2.75) is 217 Å². The van der Waals surface area contributed by atoms with Crippen LogP contribution in [0.2, 0.25) is 24.2 Å². The van der Waals surface area contributed by atoms with Crippen LogP contribution in [-0.4, -0.2) is 159 Å². The van der Waals surface area contributed by atoms with Crippen LogP contribution in [0.25, 0.3) is 0 Å². The predicted molar refractivity (Wildman–Crippen MR) is 396 cm³/mol. The molecule has 1 heterocycles. The van der Waals surface area contributed by atoms with E-state index in [1.54, 1.807) is 40.0 Å². The van der Waals surface area contributed by atoms with E-state index in [0.717, 1.165) is 112 Å². The Bertz CT molecular complexity index is 2560. The number of carbonyl (C=O) groups excluding carboxylic acids is 2. The van der Waals surface area contributed by atoms with Crippen LogP contribution >= 0.6 is 0 Å². The molecule has 5 rings (SSSR count). The fourth-order valence-electron chi connectivity index (χ4n) is 10.6. The summed E-state index contributed by atoms with van der Waals surface area (Å²) < 4.78 is 108. The molecule has 0 spiro atoms. The topological polar surface area (TPSA) is 210 Å². The highest BCUT2D eigenvalue weighted by Crippen LogP contribution is 2.27. The molecule has 21 nitrogen and oxygen atoms in total. The minimum absolute atomic E-state index is 0.0928. The SMILES string of the molecule is CCO[Si](CCCc1ccc(OC(=O)OC(C)(C)C)cc1)(OCC)OCC.CCO[Si](CCCc1ccc(OC(C)=O)cc1)(OCC)OCC.CCO[Si](CCCc1ccc(OC2CCCCO2)cc1)(OCC)OCC.CCO[Si](CCCc1ccc(OCOC)cc1)(OCC)OCC.